The van der Waals surface area contributed by atoms with E-state index in [2.05, 4.69) is 88.7 Å². The molecule has 0 aliphatic carbocycles. The Hall–Kier alpha value is -2.29. The van der Waals surface area contributed by atoms with E-state index in [1.807, 2.05) is 0 Å². The van der Waals surface area contributed by atoms with Gasteiger partial charge >= 0.3 is 0 Å². The number of anilines is 1. The summed E-state index contributed by atoms with van der Waals surface area (Å²) in [6, 6.07) is 12.5. The quantitative estimate of drug-likeness (QED) is 0.434. The van der Waals surface area contributed by atoms with E-state index < -0.39 is 0 Å². The van der Waals surface area contributed by atoms with Crippen molar-refractivity contribution in [3.05, 3.63) is 52.6 Å². The Morgan fingerprint density at radius 3 is 2.39 bits per heavy atom. The van der Waals surface area contributed by atoms with Gasteiger partial charge in [-0.15, -0.1) is 0 Å². The van der Waals surface area contributed by atoms with Crippen LogP contribution >= 0.6 is 0 Å². The first-order valence-corrected chi connectivity index (χ1v) is 13.3. The maximum Gasteiger partial charge on any atom is 0.162 e. The van der Waals surface area contributed by atoms with E-state index in [1.165, 1.54) is 77.0 Å². The Bertz CT molecular complexity index is 1090. The second-order valence-corrected chi connectivity index (χ2v) is 10.9. The van der Waals surface area contributed by atoms with Crippen molar-refractivity contribution in [1.29, 1.82) is 0 Å². The van der Waals surface area contributed by atoms with Crippen LogP contribution in [0.3, 0.4) is 0 Å². The van der Waals surface area contributed by atoms with Gasteiger partial charge in [0.15, 0.2) is 5.84 Å². The topological polar surface area (TPSA) is 18.8 Å². The predicted molar refractivity (Wildman–Crippen MR) is 141 cm³/mol. The molecule has 5 rings (SSSR count). The lowest BCUT2D eigenvalue weighted by molar-refractivity contribution is 0.0467. The number of nitrogens with zero attached hydrogens (tertiary/aromatic N) is 3. The highest BCUT2D eigenvalue weighted by Crippen LogP contribution is 2.56. The highest BCUT2D eigenvalue weighted by Gasteiger charge is 2.54. The van der Waals surface area contributed by atoms with Gasteiger partial charge in [0.1, 0.15) is 6.17 Å². The van der Waals surface area contributed by atoms with Crippen molar-refractivity contribution in [2.24, 2.45) is 10.5 Å². The molecule has 3 nitrogen and oxygen atoms in total. The summed E-state index contributed by atoms with van der Waals surface area (Å²) in [5, 5.41) is 7.83. The van der Waals surface area contributed by atoms with Crippen LogP contribution in [0.25, 0.3) is 11.1 Å². The number of aryl methyl sites for hydroxylation is 1. The summed E-state index contributed by atoms with van der Waals surface area (Å²) in [5.74, 6) is 1.81. The summed E-state index contributed by atoms with van der Waals surface area (Å²) < 4.78 is 0. The summed E-state index contributed by atoms with van der Waals surface area (Å²) in [6.07, 6.45) is 7.44. The van der Waals surface area contributed by atoms with Gasteiger partial charge in [-0.05, 0) is 87.6 Å². The zero-order valence-electron chi connectivity index (χ0n) is 21.7. The molecule has 2 atom stereocenters. The molecule has 0 bridgehead atoms. The molecular weight excluding hydrogens is 402 g/mol. The number of hydrogen-bond acceptors (Lipinski definition) is 3. The third-order valence-corrected chi connectivity index (χ3v) is 8.71. The second kappa shape index (κ2) is 8.18. The molecule has 2 aromatic rings. The fraction of sp³-hybridized carbons (Fsp3) is 0.567. The molecule has 3 aliphatic rings. The van der Waals surface area contributed by atoms with Crippen LogP contribution in [0.1, 0.15) is 102 Å². The van der Waals surface area contributed by atoms with Crippen molar-refractivity contribution in [2.45, 2.75) is 105 Å². The van der Waals surface area contributed by atoms with Gasteiger partial charge in [-0.25, -0.2) is 0 Å². The number of amidine groups is 1. The Morgan fingerprint density at radius 1 is 1.00 bits per heavy atom. The summed E-state index contributed by atoms with van der Waals surface area (Å²) >= 11 is 0. The van der Waals surface area contributed by atoms with E-state index in [0.29, 0.717) is 18.1 Å². The van der Waals surface area contributed by atoms with Crippen LogP contribution in [-0.2, 0) is 6.42 Å². The van der Waals surface area contributed by atoms with Crippen molar-refractivity contribution in [3.8, 4) is 11.1 Å². The molecule has 3 heteroatoms. The lowest BCUT2D eigenvalue weighted by Crippen LogP contribution is -2.59. The highest BCUT2D eigenvalue weighted by molar-refractivity contribution is 6.21. The molecule has 2 unspecified atom stereocenters. The van der Waals surface area contributed by atoms with Crippen molar-refractivity contribution in [1.82, 2.24) is 5.01 Å². The van der Waals surface area contributed by atoms with Gasteiger partial charge in [0.2, 0.25) is 0 Å². The Kier molecular flexibility index (Phi) is 5.58. The molecule has 3 aliphatic heterocycles. The molecule has 0 fully saturated rings. The lowest BCUT2D eigenvalue weighted by Gasteiger charge is -2.52. The summed E-state index contributed by atoms with van der Waals surface area (Å²) in [4.78, 5) is 2.65. The van der Waals surface area contributed by atoms with E-state index in [0.717, 1.165) is 6.42 Å². The monoisotopic (exact) mass is 443 g/mol. The van der Waals surface area contributed by atoms with Crippen molar-refractivity contribution in [3.63, 3.8) is 0 Å². The second-order valence-electron chi connectivity index (χ2n) is 10.9. The zero-order valence-corrected chi connectivity index (χ0v) is 21.7. The van der Waals surface area contributed by atoms with E-state index >= 15 is 0 Å². The number of rotatable bonds is 7. The Morgan fingerprint density at radius 2 is 1.76 bits per heavy atom. The maximum absolute atomic E-state index is 5.40. The zero-order chi connectivity index (χ0) is 23.5. The SMILES string of the molecule is CCCC(CC)c1ccc2c(c1)C1=NN(C(C)C)C3N1c1c(cc(C)cc1-2)CC3(CC)CC. The third-order valence-electron chi connectivity index (χ3n) is 8.71. The van der Waals surface area contributed by atoms with Crippen LogP contribution in [0.5, 0.6) is 0 Å². The van der Waals surface area contributed by atoms with Crippen LogP contribution in [0.15, 0.2) is 35.4 Å². The van der Waals surface area contributed by atoms with Gasteiger partial charge in [0.25, 0.3) is 0 Å². The highest BCUT2D eigenvalue weighted by atomic mass is 15.6. The summed E-state index contributed by atoms with van der Waals surface area (Å²) in [5.41, 5.74) is 10.1. The van der Waals surface area contributed by atoms with Crippen molar-refractivity contribution < 1.29 is 0 Å². The Labute approximate surface area is 200 Å². The van der Waals surface area contributed by atoms with E-state index in [-0.39, 0.29) is 5.41 Å². The lowest BCUT2D eigenvalue weighted by atomic mass is 9.68. The number of benzene rings is 2. The average molecular weight is 444 g/mol. The minimum atomic E-state index is 0.205. The number of fused-ring (bicyclic) bond motifs is 3. The van der Waals surface area contributed by atoms with Crippen LogP contribution in [0.4, 0.5) is 5.69 Å². The van der Waals surface area contributed by atoms with E-state index in [1.54, 1.807) is 0 Å². The number of hydrogen-bond donors (Lipinski definition) is 0. The molecule has 0 radical (unpaired) electrons. The molecule has 0 amide bonds. The first-order valence-electron chi connectivity index (χ1n) is 13.3. The molecule has 2 aromatic carbocycles. The molecule has 0 N–H and O–H groups in total. The van der Waals surface area contributed by atoms with Crippen LogP contribution in [0.2, 0.25) is 0 Å². The molecule has 3 heterocycles. The smallest absolute Gasteiger partial charge is 0.162 e. The molecule has 176 valence electrons. The fourth-order valence-electron chi connectivity index (χ4n) is 6.82. The summed E-state index contributed by atoms with van der Waals surface area (Å²) in [6.45, 7) is 16.3. The van der Waals surface area contributed by atoms with Gasteiger partial charge in [-0.1, -0.05) is 57.9 Å². The van der Waals surface area contributed by atoms with E-state index in [9.17, 15) is 0 Å². The largest absolute Gasteiger partial charge is 0.300 e. The molecule has 0 saturated heterocycles. The average Bonchev–Trinajstić information content (AvgIpc) is 3.23. The van der Waals surface area contributed by atoms with Crippen molar-refractivity contribution in [2.75, 3.05) is 4.90 Å². The van der Waals surface area contributed by atoms with Gasteiger partial charge in [0, 0.05) is 22.6 Å². The van der Waals surface area contributed by atoms with Gasteiger partial charge in [0.05, 0.1) is 5.69 Å². The minimum Gasteiger partial charge on any atom is -0.300 e. The number of hydrazone groups is 1. The van der Waals surface area contributed by atoms with Crippen LogP contribution < -0.4 is 4.90 Å². The van der Waals surface area contributed by atoms with Gasteiger partial charge in [-0.3, -0.25) is 5.01 Å². The first kappa shape index (κ1) is 22.5. The fourth-order valence-corrected chi connectivity index (χ4v) is 6.82. The van der Waals surface area contributed by atoms with Crippen LogP contribution in [0, 0.1) is 12.3 Å². The summed E-state index contributed by atoms with van der Waals surface area (Å²) in [7, 11) is 0. The Balaban J connectivity index is 1.79. The molecule has 0 spiro atoms. The standard InChI is InChI=1S/C30H41N3/c1-8-12-21(9-2)22-13-14-24-25-16-20(7)15-23-18-30(10-3,11-4)29-32(27(23)25)28(26(24)17-22)31-33(29)19(5)6/h13-17,19,21,29H,8-12,18H2,1-7H3. The maximum atomic E-state index is 5.40. The molecular formula is C30H41N3. The predicted octanol–water partition coefficient (Wildman–Crippen LogP) is 7.85. The third kappa shape index (κ3) is 3.18. The molecule has 33 heavy (non-hydrogen) atoms. The normalized spacial score (nSPS) is 20.6. The van der Waals surface area contributed by atoms with E-state index in [4.69, 9.17) is 5.10 Å². The molecule has 0 saturated carbocycles. The molecule has 0 aromatic heterocycles. The van der Waals surface area contributed by atoms with Crippen molar-refractivity contribution >= 4 is 11.5 Å². The van der Waals surface area contributed by atoms with Gasteiger partial charge in [-0.2, -0.15) is 5.10 Å². The minimum absolute atomic E-state index is 0.205. The van der Waals surface area contributed by atoms with Crippen LogP contribution in [-0.4, -0.2) is 23.1 Å². The first-order chi connectivity index (χ1) is 15.9. The van der Waals surface area contributed by atoms with Gasteiger partial charge < -0.3 is 4.90 Å².